The molecule has 47 heavy (non-hydrogen) atoms. The van der Waals surface area contributed by atoms with Crippen molar-refractivity contribution >= 4 is 34.1 Å². The summed E-state index contributed by atoms with van der Waals surface area (Å²) in [7, 11) is 6.36. The van der Waals surface area contributed by atoms with Gasteiger partial charge in [-0.3, -0.25) is 14.4 Å². The molecule has 1 aliphatic rings. The van der Waals surface area contributed by atoms with E-state index in [4.69, 9.17) is 18.9 Å². The number of hydrogen-bond acceptors (Lipinski definition) is 8. The van der Waals surface area contributed by atoms with Crippen LogP contribution in [-0.2, 0) is 27.3 Å². The van der Waals surface area contributed by atoms with Gasteiger partial charge in [0.25, 0.3) is 0 Å². The molecule has 4 aromatic rings. The average Bonchev–Trinajstić information content (AvgIpc) is 3.34. The number of nitrogens with one attached hydrogen (secondary N) is 3. The molecule has 0 fully saturated rings. The fraction of sp³-hybridized carbons (Fsp3) is 0.361. The number of fused-ring (bicyclic) bond motifs is 4. The van der Waals surface area contributed by atoms with Gasteiger partial charge >= 0.3 is 0 Å². The van der Waals surface area contributed by atoms with E-state index in [2.05, 4.69) is 20.5 Å². The molecule has 11 nitrogen and oxygen atoms in total. The molecule has 0 unspecified atom stereocenters. The molecule has 11 heteroatoms. The van der Waals surface area contributed by atoms with Crippen molar-refractivity contribution in [3.63, 3.8) is 0 Å². The number of carbonyl (C=O) groups excluding carboxylic acids is 2. The maximum absolute atomic E-state index is 13.5. The molecule has 0 radical (unpaired) electrons. The highest BCUT2D eigenvalue weighted by Gasteiger charge is 2.29. The second-order valence-corrected chi connectivity index (χ2v) is 11.4. The summed E-state index contributed by atoms with van der Waals surface area (Å²) in [6.07, 6.45) is 3.96. The molecule has 0 spiro atoms. The van der Waals surface area contributed by atoms with Crippen LogP contribution in [0.3, 0.4) is 0 Å². The molecule has 1 aromatic heterocycles. The first kappa shape index (κ1) is 33.3. The second-order valence-electron chi connectivity index (χ2n) is 11.4. The molecule has 1 heterocycles. The molecule has 248 valence electrons. The normalized spacial score (nSPS) is 13.6. The highest BCUT2D eigenvalue weighted by molar-refractivity contribution is 6.01. The molecule has 0 saturated heterocycles. The molecule has 3 N–H and O–H groups in total. The topological polar surface area (TPSA) is 129 Å². The highest BCUT2D eigenvalue weighted by atomic mass is 16.5. The summed E-state index contributed by atoms with van der Waals surface area (Å²) in [5, 5.41) is 10.2. The molecule has 1 atom stereocenters. The largest absolute Gasteiger partial charge is 0.493 e. The number of methoxy groups -OCH3 is 4. The Bertz CT molecular complexity index is 1830. The van der Waals surface area contributed by atoms with E-state index in [1.807, 2.05) is 42.6 Å². The molecule has 1 aliphatic carbocycles. The van der Waals surface area contributed by atoms with Gasteiger partial charge in [0.2, 0.25) is 23.0 Å². The standard InChI is InChI=1S/C36H42N4O7/c1-22(41)38-28-13-11-23-20-32(45-3)35(46-4)36(47-5)34(23)24-12-14-29(31(42)21-26(24)28)37-16-7-10-33(43)39-27-8-6-9-30-25(27)15-17-40(30)18-19-44-2/h6,8-9,12,14-15,17,20-21,28H,7,10-11,13,16,18-19H2,1-5H3,(H,37,42)(H,38,41)(H,39,43)/t28-/m1/s1. The van der Waals surface area contributed by atoms with Crippen LogP contribution in [0.15, 0.2) is 59.5 Å². The Morgan fingerprint density at radius 3 is 2.49 bits per heavy atom. The SMILES string of the molecule is COCCn1ccc2c(NC(=O)CCCNc3ccc4c(cc3=O)[C@H](NC(C)=O)CCc3cc(OC)c(OC)c(OC)c3-4)cccc21. The highest BCUT2D eigenvalue weighted by Crippen LogP contribution is 2.50. The Hall–Kier alpha value is -5.03. The zero-order chi connectivity index (χ0) is 33.5. The lowest BCUT2D eigenvalue weighted by atomic mass is 9.95. The zero-order valence-electron chi connectivity index (χ0n) is 27.5. The maximum atomic E-state index is 13.5. The Morgan fingerprint density at radius 1 is 0.957 bits per heavy atom. The first-order valence-corrected chi connectivity index (χ1v) is 15.7. The van der Waals surface area contributed by atoms with Crippen LogP contribution in [0.5, 0.6) is 17.2 Å². The Balaban J connectivity index is 1.35. The maximum Gasteiger partial charge on any atom is 0.224 e. The summed E-state index contributed by atoms with van der Waals surface area (Å²) in [6, 6.07) is 14.5. The minimum absolute atomic E-state index is 0.108. The number of aromatic nitrogens is 1. The molecule has 0 saturated carbocycles. The lowest BCUT2D eigenvalue weighted by Gasteiger charge is -2.19. The van der Waals surface area contributed by atoms with Crippen LogP contribution >= 0.6 is 0 Å². The van der Waals surface area contributed by atoms with E-state index in [9.17, 15) is 14.4 Å². The summed E-state index contributed by atoms with van der Waals surface area (Å²) in [4.78, 5) is 38.6. The first-order chi connectivity index (χ1) is 22.8. The van der Waals surface area contributed by atoms with Crippen LogP contribution in [0.25, 0.3) is 22.0 Å². The summed E-state index contributed by atoms with van der Waals surface area (Å²) < 4.78 is 24.4. The first-order valence-electron chi connectivity index (χ1n) is 15.7. The predicted molar refractivity (Wildman–Crippen MR) is 183 cm³/mol. The third kappa shape index (κ3) is 7.20. The Morgan fingerprint density at radius 2 is 1.77 bits per heavy atom. The molecule has 5 rings (SSSR count). The van der Waals surface area contributed by atoms with Crippen molar-refractivity contribution in [2.45, 2.75) is 45.2 Å². The summed E-state index contributed by atoms with van der Waals surface area (Å²) in [5.41, 5.74) is 5.13. The summed E-state index contributed by atoms with van der Waals surface area (Å²) in [6.45, 7) is 3.20. The number of nitrogens with zero attached hydrogens (tertiary/aromatic N) is 1. The zero-order valence-corrected chi connectivity index (χ0v) is 27.5. The van der Waals surface area contributed by atoms with Gasteiger partial charge in [0.1, 0.15) is 0 Å². The minimum Gasteiger partial charge on any atom is -0.493 e. The number of hydrogen-bond donors (Lipinski definition) is 3. The van der Waals surface area contributed by atoms with Crippen molar-refractivity contribution in [1.82, 2.24) is 9.88 Å². The van der Waals surface area contributed by atoms with Gasteiger partial charge in [0.05, 0.1) is 50.9 Å². The minimum atomic E-state index is -0.394. The molecule has 2 amide bonds. The quantitative estimate of drug-likeness (QED) is 0.168. The lowest BCUT2D eigenvalue weighted by Crippen LogP contribution is -2.26. The van der Waals surface area contributed by atoms with Gasteiger partial charge in [0.15, 0.2) is 11.5 Å². The monoisotopic (exact) mass is 642 g/mol. The van der Waals surface area contributed by atoms with Crippen molar-refractivity contribution in [2.75, 3.05) is 52.2 Å². The van der Waals surface area contributed by atoms with Gasteiger partial charge < -0.3 is 39.5 Å². The van der Waals surface area contributed by atoms with Gasteiger partial charge in [-0.25, -0.2) is 0 Å². The van der Waals surface area contributed by atoms with Gasteiger partial charge in [-0.15, -0.1) is 0 Å². The van der Waals surface area contributed by atoms with Crippen LogP contribution < -0.4 is 35.6 Å². The van der Waals surface area contributed by atoms with Crippen LogP contribution in [0.4, 0.5) is 11.4 Å². The van der Waals surface area contributed by atoms with Crippen molar-refractivity contribution in [3.8, 4) is 28.4 Å². The van der Waals surface area contributed by atoms with Gasteiger partial charge in [-0.1, -0.05) is 12.1 Å². The number of aryl methyl sites for hydroxylation is 1. The third-order valence-corrected chi connectivity index (χ3v) is 8.44. The molecular formula is C36H42N4O7. The predicted octanol–water partition coefficient (Wildman–Crippen LogP) is 5.29. The molecular weight excluding hydrogens is 600 g/mol. The van der Waals surface area contributed by atoms with E-state index in [-0.39, 0.29) is 23.7 Å². The lowest BCUT2D eigenvalue weighted by molar-refractivity contribution is -0.119. The van der Waals surface area contributed by atoms with Crippen LogP contribution in [0.1, 0.15) is 43.4 Å². The molecule has 0 bridgehead atoms. The number of amides is 2. The van der Waals surface area contributed by atoms with Gasteiger partial charge in [-0.05, 0) is 72.4 Å². The molecule has 3 aromatic carbocycles. The number of carbonyl (C=O) groups is 2. The van der Waals surface area contributed by atoms with Gasteiger partial charge in [-0.2, -0.15) is 0 Å². The van der Waals surface area contributed by atoms with Crippen molar-refractivity contribution in [1.29, 1.82) is 0 Å². The van der Waals surface area contributed by atoms with Crippen LogP contribution in [-0.4, -0.2) is 58.0 Å². The molecule has 0 aliphatic heterocycles. The van der Waals surface area contributed by atoms with E-state index >= 15 is 0 Å². The Labute approximate surface area is 274 Å². The second kappa shape index (κ2) is 15.0. The summed E-state index contributed by atoms with van der Waals surface area (Å²) >= 11 is 0. The number of benzene rings is 2. The van der Waals surface area contributed by atoms with Crippen LogP contribution in [0, 0.1) is 0 Å². The van der Waals surface area contributed by atoms with E-state index in [1.54, 1.807) is 40.6 Å². The number of anilines is 2. The fourth-order valence-electron chi connectivity index (χ4n) is 6.26. The van der Waals surface area contributed by atoms with E-state index in [1.165, 1.54) is 6.92 Å². The summed E-state index contributed by atoms with van der Waals surface area (Å²) in [5.74, 6) is 1.18. The number of rotatable bonds is 13. The average molecular weight is 643 g/mol. The smallest absolute Gasteiger partial charge is 0.224 e. The van der Waals surface area contributed by atoms with Crippen molar-refractivity contribution in [3.05, 3.63) is 76.1 Å². The third-order valence-electron chi connectivity index (χ3n) is 8.44. The van der Waals surface area contributed by atoms with Crippen molar-refractivity contribution in [2.24, 2.45) is 0 Å². The van der Waals surface area contributed by atoms with Gasteiger partial charge in [0, 0.05) is 50.7 Å². The Kier molecular flexibility index (Phi) is 10.7. The van der Waals surface area contributed by atoms with Crippen molar-refractivity contribution < 1.29 is 28.5 Å². The van der Waals surface area contributed by atoms with E-state index in [0.717, 1.165) is 39.8 Å². The number of ether oxygens (including phenoxy) is 4. The van der Waals surface area contributed by atoms with E-state index in [0.29, 0.717) is 60.9 Å². The fourth-order valence-corrected chi connectivity index (χ4v) is 6.26. The van der Waals surface area contributed by atoms with E-state index < -0.39 is 6.04 Å². The van der Waals surface area contributed by atoms with Crippen LogP contribution in [0.2, 0.25) is 0 Å².